The zero-order valence-corrected chi connectivity index (χ0v) is 12.4. The monoisotopic (exact) mass is 310 g/mol. The molecular weight excluding hydrogens is 295 g/mol. The molecule has 2 bridgehead atoms. The van der Waals surface area contributed by atoms with E-state index in [4.69, 9.17) is 0 Å². The summed E-state index contributed by atoms with van der Waals surface area (Å²) in [6, 6.07) is 5.78. The van der Waals surface area contributed by atoms with Gasteiger partial charge in [0.05, 0.1) is 18.1 Å². The molecule has 3 aliphatic carbocycles. The Morgan fingerprint density at radius 2 is 1.61 bits per heavy atom. The van der Waals surface area contributed by atoms with Crippen molar-refractivity contribution in [1.29, 1.82) is 0 Å². The van der Waals surface area contributed by atoms with Crippen molar-refractivity contribution in [3.05, 3.63) is 47.8 Å². The third-order valence-electron chi connectivity index (χ3n) is 6.02. The number of imide groups is 1. The highest BCUT2D eigenvalue weighted by Gasteiger charge is 2.73. The molecule has 1 aromatic rings. The van der Waals surface area contributed by atoms with Crippen molar-refractivity contribution in [2.45, 2.75) is 12.8 Å². The van der Waals surface area contributed by atoms with Crippen LogP contribution in [0.5, 0.6) is 0 Å². The second-order valence-corrected chi connectivity index (χ2v) is 7.01. The summed E-state index contributed by atoms with van der Waals surface area (Å²) < 4.78 is 12.9. The summed E-state index contributed by atoms with van der Waals surface area (Å²) in [6.07, 6.45) is 7.97. The number of rotatable bonds is 2. The van der Waals surface area contributed by atoms with Crippen LogP contribution >= 0.6 is 0 Å². The van der Waals surface area contributed by atoms with Gasteiger partial charge in [-0.3, -0.25) is 9.59 Å². The van der Waals surface area contributed by atoms with E-state index in [0.29, 0.717) is 5.56 Å². The first-order chi connectivity index (χ1) is 11.1. The van der Waals surface area contributed by atoms with E-state index in [1.54, 1.807) is 12.1 Å². The number of carbonyl (C=O) groups excluding carboxylic acids is 2. The number of allylic oxidation sites excluding steroid dienone is 2. The Bertz CT molecular complexity index is 745. The molecule has 3 fully saturated rings. The molecule has 1 saturated heterocycles. The molecule has 5 heteroatoms. The number of halogens is 1. The standard InChI is InChI=1S/C18H15FN2O2/c19-11-3-1-10(2-4-11)9-20-21-16(22)14-12-5-6-13(15(14)17(21)23)18(12)7-8-18/h1-6,9,12-15H,7-8H2/b20-9-/t12-,13-,14-,15-/m0/s1. The molecule has 2 saturated carbocycles. The number of fused-ring (bicyclic) bond motifs is 3. The molecule has 4 aliphatic rings. The average Bonchev–Trinajstić information content (AvgIpc) is 3.15. The predicted octanol–water partition coefficient (Wildman–Crippen LogP) is 2.36. The van der Waals surface area contributed by atoms with Gasteiger partial charge in [0.15, 0.2) is 0 Å². The van der Waals surface area contributed by atoms with E-state index in [-0.39, 0.29) is 46.7 Å². The Hall–Kier alpha value is -2.30. The summed E-state index contributed by atoms with van der Waals surface area (Å²) in [7, 11) is 0. The number of benzene rings is 1. The van der Waals surface area contributed by atoms with Crippen LogP contribution in [0.3, 0.4) is 0 Å². The summed E-state index contributed by atoms with van der Waals surface area (Å²) in [5, 5.41) is 5.12. The van der Waals surface area contributed by atoms with Crippen molar-refractivity contribution in [1.82, 2.24) is 5.01 Å². The second-order valence-electron chi connectivity index (χ2n) is 7.01. The Kier molecular flexibility index (Phi) is 2.38. The topological polar surface area (TPSA) is 49.7 Å². The molecule has 2 amide bonds. The van der Waals surface area contributed by atoms with Gasteiger partial charge in [0, 0.05) is 0 Å². The van der Waals surface area contributed by atoms with Gasteiger partial charge in [-0.05, 0) is 47.8 Å². The lowest BCUT2D eigenvalue weighted by atomic mass is 9.85. The number of amides is 2. The average molecular weight is 310 g/mol. The lowest BCUT2D eigenvalue weighted by Crippen LogP contribution is -2.30. The molecule has 4 atom stereocenters. The highest BCUT2D eigenvalue weighted by atomic mass is 19.1. The van der Waals surface area contributed by atoms with Crippen LogP contribution in [-0.2, 0) is 9.59 Å². The summed E-state index contributed by atoms with van der Waals surface area (Å²) in [5.74, 6) is -0.735. The van der Waals surface area contributed by atoms with E-state index < -0.39 is 0 Å². The van der Waals surface area contributed by atoms with Gasteiger partial charge < -0.3 is 0 Å². The van der Waals surface area contributed by atoms with Gasteiger partial charge >= 0.3 is 0 Å². The molecule has 116 valence electrons. The molecule has 1 heterocycles. The summed E-state index contributed by atoms with van der Waals surface area (Å²) >= 11 is 0. The van der Waals surface area contributed by atoms with Crippen LogP contribution in [-0.4, -0.2) is 23.0 Å². The maximum Gasteiger partial charge on any atom is 0.254 e. The van der Waals surface area contributed by atoms with Crippen LogP contribution in [0.15, 0.2) is 41.5 Å². The van der Waals surface area contributed by atoms with E-state index in [0.717, 1.165) is 17.9 Å². The van der Waals surface area contributed by atoms with Crippen molar-refractivity contribution in [3.8, 4) is 0 Å². The Morgan fingerprint density at radius 3 is 2.13 bits per heavy atom. The van der Waals surface area contributed by atoms with Crippen molar-refractivity contribution < 1.29 is 14.0 Å². The Labute approximate surface area is 132 Å². The fraction of sp³-hybridized carbons (Fsp3) is 0.389. The van der Waals surface area contributed by atoms with Crippen molar-refractivity contribution >= 4 is 18.0 Å². The Balaban J connectivity index is 1.43. The van der Waals surface area contributed by atoms with Crippen LogP contribution < -0.4 is 0 Å². The van der Waals surface area contributed by atoms with Gasteiger partial charge in [0.25, 0.3) is 11.8 Å². The molecule has 0 radical (unpaired) electrons. The third-order valence-corrected chi connectivity index (χ3v) is 6.02. The van der Waals surface area contributed by atoms with E-state index in [9.17, 15) is 14.0 Å². The molecule has 1 aromatic carbocycles. The third kappa shape index (κ3) is 1.57. The summed E-state index contributed by atoms with van der Waals surface area (Å²) in [4.78, 5) is 25.4. The zero-order chi connectivity index (χ0) is 15.8. The maximum atomic E-state index is 12.9. The number of hydrazone groups is 1. The van der Waals surface area contributed by atoms with Crippen molar-refractivity contribution in [2.75, 3.05) is 0 Å². The molecule has 1 spiro atoms. The highest BCUT2D eigenvalue weighted by Crippen LogP contribution is 2.73. The van der Waals surface area contributed by atoms with Gasteiger partial charge in [-0.1, -0.05) is 24.3 Å². The highest BCUT2D eigenvalue weighted by molar-refractivity contribution is 6.07. The van der Waals surface area contributed by atoms with Gasteiger partial charge in [-0.15, -0.1) is 0 Å². The SMILES string of the molecule is O=C1[C@@H]2[C@@H](C(=O)N1/N=C\c1ccc(F)cc1)[C@@H]1C=C[C@@H]2C12CC2. The maximum absolute atomic E-state index is 12.9. The van der Waals surface area contributed by atoms with Crippen LogP contribution in [0.4, 0.5) is 4.39 Å². The molecule has 1 aliphatic heterocycles. The summed E-state index contributed by atoms with van der Waals surface area (Å²) in [5.41, 5.74) is 0.858. The lowest BCUT2D eigenvalue weighted by molar-refractivity contribution is -0.141. The number of hydrogen-bond donors (Lipinski definition) is 0. The number of carbonyl (C=O) groups is 2. The molecule has 5 rings (SSSR count). The van der Waals surface area contributed by atoms with E-state index in [1.165, 1.54) is 18.3 Å². The lowest BCUT2D eigenvalue weighted by Gasteiger charge is -2.18. The minimum Gasteiger partial charge on any atom is -0.272 e. The van der Waals surface area contributed by atoms with E-state index >= 15 is 0 Å². The van der Waals surface area contributed by atoms with Gasteiger partial charge in [0.2, 0.25) is 0 Å². The summed E-state index contributed by atoms with van der Waals surface area (Å²) in [6.45, 7) is 0. The Morgan fingerprint density at radius 1 is 1.04 bits per heavy atom. The molecule has 23 heavy (non-hydrogen) atoms. The van der Waals surface area contributed by atoms with Crippen LogP contribution in [0, 0.1) is 34.9 Å². The first-order valence-corrected chi connectivity index (χ1v) is 7.97. The number of hydrogen-bond acceptors (Lipinski definition) is 3. The molecule has 0 N–H and O–H groups in total. The van der Waals surface area contributed by atoms with Crippen molar-refractivity contribution in [3.63, 3.8) is 0 Å². The van der Waals surface area contributed by atoms with Crippen LogP contribution in [0.2, 0.25) is 0 Å². The number of nitrogens with zero attached hydrogens (tertiary/aromatic N) is 2. The molecular formula is C18H15FN2O2. The predicted molar refractivity (Wildman–Crippen MR) is 80.6 cm³/mol. The van der Waals surface area contributed by atoms with E-state index in [2.05, 4.69) is 17.3 Å². The van der Waals surface area contributed by atoms with E-state index in [1.807, 2.05) is 0 Å². The first kappa shape index (κ1) is 13.2. The van der Waals surface area contributed by atoms with Gasteiger partial charge in [0.1, 0.15) is 5.82 Å². The molecule has 4 nitrogen and oxygen atoms in total. The molecule has 0 unspecified atom stereocenters. The van der Waals surface area contributed by atoms with Gasteiger partial charge in [-0.25, -0.2) is 4.39 Å². The fourth-order valence-electron chi connectivity index (χ4n) is 4.85. The smallest absolute Gasteiger partial charge is 0.254 e. The fourth-order valence-corrected chi connectivity index (χ4v) is 4.85. The largest absolute Gasteiger partial charge is 0.272 e. The quantitative estimate of drug-likeness (QED) is 0.478. The van der Waals surface area contributed by atoms with Crippen LogP contribution in [0.1, 0.15) is 18.4 Å². The minimum absolute atomic E-state index is 0.179. The second kappa shape index (κ2) is 4.16. The van der Waals surface area contributed by atoms with Crippen LogP contribution in [0.25, 0.3) is 0 Å². The zero-order valence-electron chi connectivity index (χ0n) is 12.4. The first-order valence-electron chi connectivity index (χ1n) is 7.97. The molecule has 0 aromatic heterocycles. The minimum atomic E-state index is -0.331. The normalized spacial score (nSPS) is 35.8. The van der Waals surface area contributed by atoms with Crippen molar-refractivity contribution in [2.24, 2.45) is 34.2 Å². The van der Waals surface area contributed by atoms with Gasteiger partial charge in [-0.2, -0.15) is 10.1 Å².